The first-order chi connectivity index (χ1) is 7.06. The van der Waals surface area contributed by atoms with E-state index in [2.05, 4.69) is 15.9 Å². The topological polar surface area (TPSA) is 40.9 Å². The highest BCUT2D eigenvalue weighted by molar-refractivity contribution is 9.10. The van der Waals surface area contributed by atoms with Crippen LogP contribution in [0.15, 0.2) is 22.7 Å². The van der Waals surface area contributed by atoms with Crippen LogP contribution in [0.2, 0.25) is 0 Å². The normalized spacial score (nSPS) is 11.9. The van der Waals surface area contributed by atoms with Crippen LogP contribution in [0.5, 0.6) is 0 Å². The van der Waals surface area contributed by atoms with Gasteiger partial charge in [-0.15, -0.1) is 0 Å². The molecule has 1 rings (SSSR count). The molecule has 0 N–H and O–H groups in total. The lowest BCUT2D eigenvalue weighted by molar-refractivity contribution is 0.0931. The van der Waals surface area contributed by atoms with E-state index >= 15 is 0 Å². The number of nitriles is 1. The van der Waals surface area contributed by atoms with Crippen LogP contribution in [0, 0.1) is 24.2 Å². The van der Waals surface area contributed by atoms with Crippen molar-refractivity contribution in [3.8, 4) is 6.07 Å². The number of aryl methyl sites for hydroxylation is 1. The Labute approximate surface area is 98.0 Å². The van der Waals surface area contributed by atoms with Gasteiger partial charge in [-0.25, -0.2) is 0 Å². The fraction of sp³-hybridized carbons (Fsp3) is 0.333. The van der Waals surface area contributed by atoms with Gasteiger partial charge >= 0.3 is 0 Å². The average Bonchev–Trinajstić information content (AvgIpc) is 2.17. The predicted octanol–water partition coefficient (Wildman–Crippen LogP) is 3.49. The summed E-state index contributed by atoms with van der Waals surface area (Å²) in [5, 5.41) is 8.53. The maximum Gasteiger partial charge on any atom is 0.167 e. The van der Waals surface area contributed by atoms with Crippen molar-refractivity contribution in [3.05, 3.63) is 33.8 Å². The smallest absolute Gasteiger partial charge is 0.167 e. The maximum absolute atomic E-state index is 11.9. The minimum atomic E-state index is -0.242. The number of rotatable bonds is 3. The summed E-state index contributed by atoms with van der Waals surface area (Å²) in [6.07, 6.45) is 0.263. The zero-order chi connectivity index (χ0) is 11.4. The second-order valence-electron chi connectivity index (χ2n) is 3.61. The van der Waals surface area contributed by atoms with Crippen LogP contribution in [0.3, 0.4) is 0 Å². The van der Waals surface area contributed by atoms with Crippen molar-refractivity contribution < 1.29 is 4.79 Å². The molecular formula is C12H12BrNO. The number of hydrogen-bond acceptors (Lipinski definition) is 2. The molecule has 0 saturated carbocycles. The third-order valence-electron chi connectivity index (χ3n) is 2.24. The molecule has 0 aliphatic heterocycles. The third kappa shape index (κ3) is 2.90. The van der Waals surface area contributed by atoms with Crippen molar-refractivity contribution in [3.63, 3.8) is 0 Å². The predicted molar refractivity (Wildman–Crippen MR) is 62.6 cm³/mol. The van der Waals surface area contributed by atoms with Crippen LogP contribution in [0.4, 0.5) is 0 Å². The SMILES string of the molecule is Cc1ccc(C(=O)C(C)CC#N)c(Br)c1. The molecule has 0 fully saturated rings. The van der Waals surface area contributed by atoms with E-state index in [1.165, 1.54) is 0 Å². The highest BCUT2D eigenvalue weighted by atomic mass is 79.9. The van der Waals surface area contributed by atoms with Crippen LogP contribution in [-0.4, -0.2) is 5.78 Å². The molecule has 0 aromatic heterocycles. The van der Waals surface area contributed by atoms with Gasteiger partial charge in [0.2, 0.25) is 0 Å². The molecule has 0 spiro atoms. The summed E-state index contributed by atoms with van der Waals surface area (Å²) in [4.78, 5) is 11.9. The Bertz CT molecular complexity index is 420. The van der Waals surface area contributed by atoms with Crippen LogP contribution >= 0.6 is 15.9 Å². The van der Waals surface area contributed by atoms with Gasteiger partial charge in [0.15, 0.2) is 5.78 Å². The fourth-order valence-corrected chi connectivity index (χ4v) is 2.00. The summed E-state index contributed by atoms with van der Waals surface area (Å²) >= 11 is 3.36. The molecule has 0 amide bonds. The van der Waals surface area contributed by atoms with E-state index in [0.29, 0.717) is 5.56 Å². The first-order valence-corrected chi connectivity index (χ1v) is 5.53. The number of Topliss-reactive ketones (excluding diaryl/α,β-unsaturated/α-hetero) is 1. The van der Waals surface area contributed by atoms with E-state index in [0.717, 1.165) is 10.0 Å². The van der Waals surface area contributed by atoms with Gasteiger partial charge < -0.3 is 0 Å². The van der Waals surface area contributed by atoms with Crippen LogP contribution in [0.1, 0.15) is 29.3 Å². The summed E-state index contributed by atoms with van der Waals surface area (Å²) in [6.45, 7) is 3.75. The Hall–Kier alpha value is -1.14. The molecule has 15 heavy (non-hydrogen) atoms. The quantitative estimate of drug-likeness (QED) is 0.786. The van der Waals surface area contributed by atoms with Gasteiger partial charge in [0.25, 0.3) is 0 Å². The molecule has 1 aromatic carbocycles. The number of benzene rings is 1. The van der Waals surface area contributed by atoms with E-state index in [-0.39, 0.29) is 18.1 Å². The van der Waals surface area contributed by atoms with Gasteiger partial charge in [0.1, 0.15) is 0 Å². The van der Waals surface area contributed by atoms with Gasteiger partial charge in [-0.1, -0.05) is 28.9 Å². The number of ketones is 1. The zero-order valence-electron chi connectivity index (χ0n) is 8.75. The Balaban J connectivity index is 2.97. The van der Waals surface area contributed by atoms with E-state index in [1.807, 2.05) is 25.1 Å². The van der Waals surface area contributed by atoms with Gasteiger partial charge in [0, 0.05) is 22.4 Å². The van der Waals surface area contributed by atoms with Crippen LogP contribution in [-0.2, 0) is 0 Å². The van der Waals surface area contributed by atoms with Gasteiger partial charge in [0.05, 0.1) is 6.07 Å². The third-order valence-corrected chi connectivity index (χ3v) is 2.89. The number of carbonyl (C=O) groups is 1. The standard InChI is InChI=1S/C12H12BrNO/c1-8-3-4-10(11(13)7-8)12(15)9(2)5-6-14/h3-4,7,9H,5H2,1-2H3. The summed E-state index contributed by atoms with van der Waals surface area (Å²) in [5.74, 6) is -0.225. The molecule has 0 bridgehead atoms. The minimum Gasteiger partial charge on any atom is -0.294 e. The summed E-state index contributed by atoms with van der Waals surface area (Å²) < 4.78 is 0.803. The van der Waals surface area contributed by atoms with Crippen molar-refractivity contribution in [2.24, 2.45) is 5.92 Å². The van der Waals surface area contributed by atoms with Crippen molar-refractivity contribution >= 4 is 21.7 Å². The highest BCUT2D eigenvalue weighted by Crippen LogP contribution is 2.22. The molecule has 1 unspecified atom stereocenters. The average molecular weight is 266 g/mol. The lowest BCUT2D eigenvalue weighted by atomic mass is 9.96. The van der Waals surface area contributed by atoms with E-state index < -0.39 is 0 Å². The second kappa shape index (κ2) is 5.09. The van der Waals surface area contributed by atoms with Crippen LogP contribution < -0.4 is 0 Å². The Kier molecular flexibility index (Phi) is 4.05. The number of nitrogens with zero attached hydrogens (tertiary/aromatic N) is 1. The summed E-state index contributed by atoms with van der Waals surface area (Å²) in [6, 6.07) is 7.62. The molecule has 3 heteroatoms. The van der Waals surface area contributed by atoms with E-state index in [9.17, 15) is 4.79 Å². The summed E-state index contributed by atoms with van der Waals surface area (Å²) in [7, 11) is 0. The molecule has 0 saturated heterocycles. The molecule has 0 aliphatic carbocycles. The molecule has 2 nitrogen and oxygen atoms in total. The molecule has 78 valence electrons. The van der Waals surface area contributed by atoms with Crippen molar-refractivity contribution in [1.29, 1.82) is 5.26 Å². The summed E-state index contributed by atoms with van der Waals surface area (Å²) in [5.41, 5.74) is 1.76. The lowest BCUT2D eigenvalue weighted by Crippen LogP contribution is -2.11. The zero-order valence-corrected chi connectivity index (χ0v) is 10.3. The first-order valence-electron chi connectivity index (χ1n) is 4.73. The largest absolute Gasteiger partial charge is 0.294 e. The Morgan fingerprint density at radius 3 is 2.80 bits per heavy atom. The van der Waals surface area contributed by atoms with E-state index in [4.69, 9.17) is 5.26 Å². The van der Waals surface area contributed by atoms with E-state index in [1.54, 1.807) is 13.0 Å². The molecule has 0 heterocycles. The van der Waals surface area contributed by atoms with Crippen molar-refractivity contribution in [1.82, 2.24) is 0 Å². The van der Waals surface area contributed by atoms with Gasteiger partial charge in [-0.2, -0.15) is 5.26 Å². The molecule has 1 aromatic rings. The highest BCUT2D eigenvalue weighted by Gasteiger charge is 2.17. The number of carbonyl (C=O) groups excluding carboxylic acids is 1. The monoisotopic (exact) mass is 265 g/mol. The Morgan fingerprint density at radius 1 is 1.60 bits per heavy atom. The van der Waals surface area contributed by atoms with Gasteiger partial charge in [-0.3, -0.25) is 4.79 Å². The first kappa shape index (κ1) is 11.9. The van der Waals surface area contributed by atoms with Crippen molar-refractivity contribution in [2.75, 3.05) is 0 Å². The molecule has 0 radical (unpaired) electrons. The number of hydrogen-bond donors (Lipinski definition) is 0. The molecular weight excluding hydrogens is 254 g/mol. The second-order valence-corrected chi connectivity index (χ2v) is 4.47. The van der Waals surface area contributed by atoms with Crippen LogP contribution in [0.25, 0.3) is 0 Å². The molecule has 1 atom stereocenters. The minimum absolute atomic E-state index is 0.0171. The fourth-order valence-electron chi connectivity index (χ4n) is 1.32. The number of halogens is 1. The lowest BCUT2D eigenvalue weighted by Gasteiger charge is -2.08. The molecule has 0 aliphatic rings. The Morgan fingerprint density at radius 2 is 2.27 bits per heavy atom. The van der Waals surface area contributed by atoms with Crippen molar-refractivity contribution in [2.45, 2.75) is 20.3 Å². The maximum atomic E-state index is 11.9. The van der Waals surface area contributed by atoms with Gasteiger partial charge in [-0.05, 0) is 24.6 Å².